The van der Waals surface area contributed by atoms with Gasteiger partial charge in [0.25, 0.3) is 11.1 Å². The van der Waals surface area contributed by atoms with E-state index < -0.39 is 23.7 Å². The Morgan fingerprint density at radius 2 is 1.97 bits per heavy atom. The van der Waals surface area contributed by atoms with E-state index >= 15 is 0 Å². The average molecular weight is 453 g/mol. The van der Waals surface area contributed by atoms with Crippen molar-refractivity contribution in [3.05, 3.63) is 76.6 Å². The van der Waals surface area contributed by atoms with Gasteiger partial charge in [0.05, 0.1) is 11.0 Å². The molecule has 0 bridgehead atoms. The van der Waals surface area contributed by atoms with E-state index in [1.807, 2.05) is 41.1 Å². The van der Waals surface area contributed by atoms with Crippen LogP contribution >= 0.6 is 11.8 Å². The molecule has 2 aromatic carbocycles. The third-order valence-corrected chi connectivity index (χ3v) is 5.77. The highest BCUT2D eigenvalue weighted by Crippen LogP contribution is 2.32. The lowest BCUT2D eigenvalue weighted by atomic mass is 10.1. The van der Waals surface area contributed by atoms with Crippen LogP contribution in [-0.4, -0.2) is 39.2 Å². The molecule has 6 nitrogen and oxygen atoms in total. The molecule has 4 rings (SSSR count). The Morgan fingerprint density at radius 1 is 1.16 bits per heavy atom. The van der Waals surface area contributed by atoms with Crippen molar-refractivity contribution >= 4 is 45.9 Å². The minimum Gasteiger partial charge on any atom is -0.462 e. The summed E-state index contributed by atoms with van der Waals surface area (Å²) in [5, 5.41) is 0.458. The first kappa shape index (κ1) is 21.8. The summed E-state index contributed by atoms with van der Waals surface area (Å²) in [5.41, 5.74) is 2.59. The number of carbonyl (C=O) groups excluding carboxylic acids is 3. The molecule has 0 N–H and O–H groups in total. The summed E-state index contributed by atoms with van der Waals surface area (Å²) in [6.45, 7) is 3.54. The van der Waals surface area contributed by atoms with E-state index in [0.717, 1.165) is 38.7 Å². The summed E-state index contributed by atoms with van der Waals surface area (Å²) in [6.07, 6.45) is 3.24. The van der Waals surface area contributed by atoms with Gasteiger partial charge in [-0.25, -0.2) is 4.39 Å². The molecule has 0 spiro atoms. The van der Waals surface area contributed by atoms with Crippen molar-refractivity contribution in [3.63, 3.8) is 0 Å². The Kier molecular flexibility index (Phi) is 6.14. The maximum absolute atomic E-state index is 13.5. The van der Waals surface area contributed by atoms with Gasteiger partial charge in [-0.1, -0.05) is 18.2 Å². The summed E-state index contributed by atoms with van der Waals surface area (Å²) >= 11 is 0.801. The lowest BCUT2D eigenvalue weighted by Crippen LogP contribution is -2.35. The SMILES string of the molecule is CC(C)OC(=O)CN1C(=O)S/C(=C\c2ccc3c(ccn3Cc3cccc(F)c3)c2)C1=O. The zero-order valence-electron chi connectivity index (χ0n) is 17.6. The number of ether oxygens (including phenoxy) is 1. The highest BCUT2D eigenvalue weighted by Gasteiger charge is 2.36. The quantitative estimate of drug-likeness (QED) is 0.396. The van der Waals surface area contributed by atoms with Crippen LogP contribution in [0.4, 0.5) is 9.18 Å². The highest BCUT2D eigenvalue weighted by atomic mass is 32.2. The van der Waals surface area contributed by atoms with Crippen molar-refractivity contribution in [2.45, 2.75) is 26.5 Å². The van der Waals surface area contributed by atoms with Crippen molar-refractivity contribution < 1.29 is 23.5 Å². The van der Waals surface area contributed by atoms with Gasteiger partial charge in [0.1, 0.15) is 12.4 Å². The van der Waals surface area contributed by atoms with Gasteiger partial charge in [-0.2, -0.15) is 0 Å². The summed E-state index contributed by atoms with van der Waals surface area (Å²) in [7, 11) is 0. The van der Waals surface area contributed by atoms with Crippen LogP contribution in [-0.2, 0) is 20.9 Å². The number of benzene rings is 2. The van der Waals surface area contributed by atoms with Crippen LogP contribution in [0.15, 0.2) is 59.6 Å². The number of halogens is 1. The number of esters is 1. The molecule has 3 aromatic rings. The molecule has 1 aromatic heterocycles. The summed E-state index contributed by atoms with van der Waals surface area (Å²) < 4.78 is 20.5. The second-order valence-corrected chi connectivity index (χ2v) is 8.69. The van der Waals surface area contributed by atoms with E-state index in [9.17, 15) is 18.8 Å². The summed E-state index contributed by atoms with van der Waals surface area (Å²) in [5.74, 6) is -1.40. The molecule has 8 heteroatoms. The number of hydrogen-bond acceptors (Lipinski definition) is 5. The van der Waals surface area contributed by atoms with Crippen molar-refractivity contribution in [1.29, 1.82) is 0 Å². The number of rotatable bonds is 6. The predicted octanol–water partition coefficient (Wildman–Crippen LogP) is 4.82. The Hall–Kier alpha value is -3.39. The van der Waals surface area contributed by atoms with E-state index in [0.29, 0.717) is 6.54 Å². The highest BCUT2D eigenvalue weighted by molar-refractivity contribution is 8.18. The van der Waals surface area contributed by atoms with E-state index in [1.165, 1.54) is 12.1 Å². The van der Waals surface area contributed by atoms with E-state index in [2.05, 4.69) is 0 Å². The monoisotopic (exact) mass is 452 g/mol. The number of nitrogens with zero attached hydrogens (tertiary/aromatic N) is 2. The molecule has 1 aliphatic rings. The number of carbonyl (C=O) groups is 3. The fourth-order valence-electron chi connectivity index (χ4n) is 3.50. The first-order valence-electron chi connectivity index (χ1n) is 10.1. The number of thioether (sulfide) groups is 1. The molecule has 2 heterocycles. The largest absolute Gasteiger partial charge is 0.462 e. The van der Waals surface area contributed by atoms with Gasteiger partial charge in [-0.05, 0) is 73.1 Å². The topological polar surface area (TPSA) is 68.6 Å². The second kappa shape index (κ2) is 9.00. The van der Waals surface area contributed by atoms with Gasteiger partial charge in [-0.15, -0.1) is 0 Å². The normalized spacial score (nSPS) is 15.4. The Morgan fingerprint density at radius 3 is 2.72 bits per heavy atom. The van der Waals surface area contributed by atoms with Crippen LogP contribution in [0, 0.1) is 5.82 Å². The molecule has 1 fully saturated rings. The van der Waals surface area contributed by atoms with Crippen molar-refractivity contribution in [3.8, 4) is 0 Å². The summed E-state index contributed by atoms with van der Waals surface area (Å²) in [4.78, 5) is 37.8. The third kappa shape index (κ3) is 4.75. The average Bonchev–Trinajstić information content (AvgIpc) is 3.23. The maximum Gasteiger partial charge on any atom is 0.326 e. The molecule has 0 atom stereocenters. The first-order valence-corrected chi connectivity index (χ1v) is 10.9. The van der Waals surface area contributed by atoms with E-state index in [-0.39, 0.29) is 16.8 Å². The molecule has 1 saturated heterocycles. The molecule has 32 heavy (non-hydrogen) atoms. The van der Waals surface area contributed by atoms with Gasteiger partial charge < -0.3 is 9.30 Å². The Labute approximate surface area is 188 Å². The minimum atomic E-state index is -0.621. The molecule has 164 valence electrons. The third-order valence-electron chi connectivity index (χ3n) is 4.86. The van der Waals surface area contributed by atoms with Gasteiger partial charge in [0.2, 0.25) is 0 Å². The molecule has 0 unspecified atom stereocenters. The molecule has 2 amide bonds. The van der Waals surface area contributed by atoms with Crippen molar-refractivity contribution in [2.75, 3.05) is 6.54 Å². The zero-order chi connectivity index (χ0) is 22.8. The van der Waals surface area contributed by atoms with Crippen LogP contribution in [0.3, 0.4) is 0 Å². The summed E-state index contributed by atoms with van der Waals surface area (Å²) in [6, 6.07) is 14.1. The number of amides is 2. The van der Waals surface area contributed by atoms with Gasteiger partial charge >= 0.3 is 5.97 Å². The van der Waals surface area contributed by atoms with E-state index in [1.54, 1.807) is 26.0 Å². The molecule has 1 aliphatic heterocycles. The van der Waals surface area contributed by atoms with Gasteiger partial charge in [-0.3, -0.25) is 19.3 Å². The number of fused-ring (bicyclic) bond motifs is 1. The van der Waals surface area contributed by atoms with Crippen molar-refractivity contribution in [2.24, 2.45) is 0 Å². The number of imide groups is 1. The zero-order valence-corrected chi connectivity index (χ0v) is 18.4. The second-order valence-electron chi connectivity index (χ2n) is 7.70. The van der Waals surface area contributed by atoms with Gasteiger partial charge in [0.15, 0.2) is 0 Å². The standard InChI is InChI=1S/C24H21FN2O4S/c1-15(2)31-22(28)14-27-23(29)21(32-24(27)30)12-16-6-7-20-18(10-16)8-9-26(20)13-17-4-3-5-19(25)11-17/h3-12,15H,13-14H2,1-2H3/b21-12-. The van der Waals surface area contributed by atoms with Crippen LogP contribution in [0.25, 0.3) is 17.0 Å². The van der Waals surface area contributed by atoms with Crippen LogP contribution in [0.1, 0.15) is 25.0 Å². The van der Waals surface area contributed by atoms with E-state index in [4.69, 9.17) is 4.74 Å². The fourth-order valence-corrected chi connectivity index (χ4v) is 4.33. The molecule has 0 radical (unpaired) electrons. The fraction of sp³-hybridized carbons (Fsp3) is 0.208. The molecular formula is C24H21FN2O4S. The maximum atomic E-state index is 13.5. The Balaban J connectivity index is 1.52. The number of hydrogen-bond donors (Lipinski definition) is 0. The number of aromatic nitrogens is 1. The first-order chi connectivity index (χ1) is 15.3. The predicted molar refractivity (Wildman–Crippen MR) is 121 cm³/mol. The van der Waals surface area contributed by atoms with Crippen LogP contribution < -0.4 is 0 Å². The Bertz CT molecular complexity index is 1250. The smallest absolute Gasteiger partial charge is 0.326 e. The molecule has 0 aliphatic carbocycles. The van der Waals surface area contributed by atoms with Crippen molar-refractivity contribution in [1.82, 2.24) is 9.47 Å². The van der Waals surface area contributed by atoms with Gasteiger partial charge in [0, 0.05) is 23.6 Å². The van der Waals surface area contributed by atoms with Crippen LogP contribution in [0.5, 0.6) is 0 Å². The minimum absolute atomic E-state index is 0.255. The lowest BCUT2D eigenvalue weighted by Gasteiger charge is -2.13. The van der Waals surface area contributed by atoms with Crippen LogP contribution in [0.2, 0.25) is 0 Å². The molecule has 0 saturated carbocycles. The lowest BCUT2D eigenvalue weighted by molar-refractivity contribution is -0.149. The molecular weight excluding hydrogens is 431 g/mol.